The van der Waals surface area contributed by atoms with Gasteiger partial charge in [0, 0.05) is 35.9 Å². The van der Waals surface area contributed by atoms with Crippen LogP contribution in [0.4, 0.5) is 5.82 Å². The van der Waals surface area contributed by atoms with Crippen LogP contribution in [0.25, 0.3) is 11.3 Å². The van der Waals surface area contributed by atoms with Gasteiger partial charge in [0.25, 0.3) is 0 Å². The standard InChI is InChI=1S/C20H20N2O3.C10H13NO/c1-14-8-9-21-19(10-14)22-12-16-11-18(25-13-16)17-5-2-15(3-6-17)4-7-20(23)24;1-6-4-7(2)9(10(11)12)8(3)5-6/h2-3,5-6,8-11,13H,4,7,12H2,1H3,(H,21,22)(H,23,24);4-5H,1-3H3,(H2,11,12). The normalized spacial score (nSPS) is 10.4. The molecule has 0 unspecified atom stereocenters. The van der Waals surface area contributed by atoms with Gasteiger partial charge >= 0.3 is 5.97 Å². The van der Waals surface area contributed by atoms with E-state index in [0.29, 0.717) is 18.5 Å². The molecular formula is C30H33N3O4. The number of aliphatic carboxylic acids is 1. The lowest BCUT2D eigenvalue weighted by molar-refractivity contribution is -0.136. The quantitative estimate of drug-likeness (QED) is 0.274. The predicted molar refractivity (Wildman–Crippen MR) is 146 cm³/mol. The highest BCUT2D eigenvalue weighted by molar-refractivity contribution is 5.95. The highest BCUT2D eigenvalue weighted by Gasteiger charge is 2.08. The van der Waals surface area contributed by atoms with Crippen LogP contribution in [0, 0.1) is 27.7 Å². The molecule has 0 saturated heterocycles. The molecule has 4 N–H and O–H groups in total. The van der Waals surface area contributed by atoms with Gasteiger partial charge in [-0.25, -0.2) is 4.98 Å². The number of nitrogens with one attached hydrogen (secondary N) is 1. The van der Waals surface area contributed by atoms with Crippen LogP contribution in [0.3, 0.4) is 0 Å². The van der Waals surface area contributed by atoms with Crippen LogP contribution < -0.4 is 11.1 Å². The molecule has 2 aromatic carbocycles. The van der Waals surface area contributed by atoms with Gasteiger partial charge in [-0.2, -0.15) is 0 Å². The van der Waals surface area contributed by atoms with Crippen molar-refractivity contribution >= 4 is 17.7 Å². The first-order valence-corrected chi connectivity index (χ1v) is 12.0. The largest absolute Gasteiger partial charge is 0.481 e. The van der Waals surface area contributed by atoms with Crippen molar-refractivity contribution in [2.24, 2.45) is 5.73 Å². The molecule has 1 amide bonds. The summed E-state index contributed by atoms with van der Waals surface area (Å²) < 4.78 is 5.65. The maximum Gasteiger partial charge on any atom is 0.303 e. The van der Waals surface area contributed by atoms with Crippen LogP contribution in [0.1, 0.15) is 50.2 Å². The fraction of sp³-hybridized carbons (Fsp3) is 0.233. The third kappa shape index (κ3) is 8.07. The minimum absolute atomic E-state index is 0.142. The lowest BCUT2D eigenvalue weighted by Gasteiger charge is -2.06. The van der Waals surface area contributed by atoms with E-state index < -0.39 is 5.97 Å². The molecule has 0 saturated carbocycles. The summed E-state index contributed by atoms with van der Waals surface area (Å²) in [7, 11) is 0. The number of hydrogen-bond donors (Lipinski definition) is 3. The van der Waals surface area contributed by atoms with Crippen molar-refractivity contribution in [3.05, 3.63) is 106 Å². The minimum Gasteiger partial charge on any atom is -0.481 e. The Kier molecular flexibility index (Phi) is 9.21. The first-order valence-electron chi connectivity index (χ1n) is 12.0. The fourth-order valence-electron chi connectivity index (χ4n) is 4.10. The van der Waals surface area contributed by atoms with E-state index in [-0.39, 0.29) is 12.3 Å². The van der Waals surface area contributed by atoms with E-state index in [2.05, 4.69) is 10.3 Å². The molecule has 0 aliphatic rings. The number of rotatable bonds is 8. The molecule has 192 valence electrons. The molecule has 0 bridgehead atoms. The summed E-state index contributed by atoms with van der Waals surface area (Å²) in [6.07, 6.45) is 4.19. The summed E-state index contributed by atoms with van der Waals surface area (Å²) >= 11 is 0. The molecule has 7 nitrogen and oxygen atoms in total. The maximum absolute atomic E-state index is 11.0. The summed E-state index contributed by atoms with van der Waals surface area (Å²) in [6.45, 7) is 8.48. The van der Waals surface area contributed by atoms with Gasteiger partial charge in [0.05, 0.1) is 6.26 Å². The number of aromatic nitrogens is 1. The van der Waals surface area contributed by atoms with Crippen LogP contribution in [-0.2, 0) is 17.8 Å². The summed E-state index contributed by atoms with van der Waals surface area (Å²) in [4.78, 5) is 25.9. The Morgan fingerprint density at radius 3 is 2.19 bits per heavy atom. The number of carboxylic acid groups (broad SMARTS) is 1. The zero-order valence-electron chi connectivity index (χ0n) is 21.7. The highest BCUT2D eigenvalue weighted by Crippen LogP contribution is 2.23. The Labute approximate surface area is 217 Å². The summed E-state index contributed by atoms with van der Waals surface area (Å²) in [5, 5.41) is 12.0. The van der Waals surface area contributed by atoms with Crippen molar-refractivity contribution in [2.45, 2.75) is 47.1 Å². The molecule has 0 aliphatic heterocycles. The van der Waals surface area contributed by atoms with Gasteiger partial charge in [-0.3, -0.25) is 9.59 Å². The van der Waals surface area contributed by atoms with Gasteiger partial charge in [-0.1, -0.05) is 42.0 Å². The van der Waals surface area contributed by atoms with E-state index in [1.54, 1.807) is 12.5 Å². The third-order valence-corrected chi connectivity index (χ3v) is 5.83. The number of anilines is 1. The molecule has 0 fully saturated rings. The number of amides is 1. The first kappa shape index (κ1) is 27.2. The second-order valence-corrected chi connectivity index (χ2v) is 9.12. The Morgan fingerprint density at radius 2 is 1.59 bits per heavy atom. The van der Waals surface area contributed by atoms with Crippen LogP contribution in [0.5, 0.6) is 0 Å². The average molecular weight is 500 g/mol. The van der Waals surface area contributed by atoms with Gasteiger partial charge in [0.15, 0.2) is 0 Å². The number of carbonyl (C=O) groups excluding carboxylic acids is 1. The number of nitrogens with two attached hydrogens (primary N) is 1. The van der Waals surface area contributed by atoms with E-state index >= 15 is 0 Å². The average Bonchev–Trinajstić information content (AvgIpc) is 3.30. The number of hydrogen-bond acceptors (Lipinski definition) is 5. The van der Waals surface area contributed by atoms with E-state index in [1.165, 1.54) is 0 Å². The van der Waals surface area contributed by atoms with Crippen LogP contribution in [0.15, 0.2) is 71.5 Å². The van der Waals surface area contributed by atoms with Crippen molar-refractivity contribution in [1.29, 1.82) is 0 Å². The molecule has 4 aromatic rings. The maximum atomic E-state index is 11.0. The lowest BCUT2D eigenvalue weighted by atomic mass is 10.00. The van der Waals surface area contributed by atoms with Crippen molar-refractivity contribution in [2.75, 3.05) is 5.32 Å². The van der Waals surface area contributed by atoms with Crippen molar-refractivity contribution in [1.82, 2.24) is 4.98 Å². The minimum atomic E-state index is -0.782. The van der Waals surface area contributed by atoms with E-state index in [0.717, 1.165) is 50.5 Å². The van der Waals surface area contributed by atoms with Gasteiger partial charge in [0.1, 0.15) is 11.6 Å². The second-order valence-electron chi connectivity index (χ2n) is 9.12. The number of nitrogens with zero attached hydrogens (tertiary/aromatic N) is 1. The lowest BCUT2D eigenvalue weighted by Crippen LogP contribution is -2.14. The Bertz CT molecular complexity index is 1350. The number of furan rings is 1. The predicted octanol–water partition coefficient (Wildman–Crippen LogP) is 5.99. The van der Waals surface area contributed by atoms with Crippen molar-refractivity contribution in [3.63, 3.8) is 0 Å². The Morgan fingerprint density at radius 1 is 0.919 bits per heavy atom. The summed E-state index contributed by atoms with van der Waals surface area (Å²) in [5.74, 6) is 0.504. The van der Waals surface area contributed by atoms with E-state index in [9.17, 15) is 9.59 Å². The topological polar surface area (TPSA) is 118 Å². The number of primary amides is 1. The Hall–Kier alpha value is -4.39. The van der Waals surface area contributed by atoms with Gasteiger partial charge in [-0.15, -0.1) is 0 Å². The smallest absolute Gasteiger partial charge is 0.303 e. The molecule has 0 aliphatic carbocycles. The summed E-state index contributed by atoms with van der Waals surface area (Å²) in [5.41, 5.74) is 13.1. The fourth-order valence-corrected chi connectivity index (χ4v) is 4.10. The number of benzene rings is 2. The zero-order chi connectivity index (χ0) is 26.9. The van der Waals surface area contributed by atoms with Crippen molar-refractivity contribution < 1.29 is 19.1 Å². The molecule has 4 rings (SSSR count). The zero-order valence-corrected chi connectivity index (χ0v) is 21.7. The second kappa shape index (κ2) is 12.5. The van der Waals surface area contributed by atoms with E-state index in [4.69, 9.17) is 15.3 Å². The van der Waals surface area contributed by atoms with Gasteiger partial charge in [-0.05, 0) is 74.6 Å². The summed E-state index contributed by atoms with van der Waals surface area (Å²) in [6, 6.07) is 17.7. The molecule has 2 heterocycles. The van der Waals surface area contributed by atoms with Crippen LogP contribution in [0.2, 0.25) is 0 Å². The van der Waals surface area contributed by atoms with E-state index in [1.807, 2.05) is 82.3 Å². The molecule has 0 spiro atoms. The van der Waals surface area contributed by atoms with Crippen LogP contribution >= 0.6 is 0 Å². The molecule has 0 atom stereocenters. The number of aryl methyl sites for hydroxylation is 5. The molecule has 7 heteroatoms. The van der Waals surface area contributed by atoms with Gasteiger partial charge in [0.2, 0.25) is 5.91 Å². The highest BCUT2D eigenvalue weighted by atomic mass is 16.4. The number of pyridine rings is 1. The number of carbonyl (C=O) groups is 2. The SMILES string of the molecule is Cc1cc(C)c(C(N)=O)c(C)c1.Cc1ccnc(NCc2coc(-c3ccc(CCC(=O)O)cc3)c2)c1. The Balaban J connectivity index is 0.000000266. The third-order valence-electron chi connectivity index (χ3n) is 5.83. The first-order chi connectivity index (χ1) is 17.6. The molecule has 0 radical (unpaired) electrons. The number of carboxylic acids is 1. The van der Waals surface area contributed by atoms with Crippen molar-refractivity contribution in [3.8, 4) is 11.3 Å². The molecule has 37 heavy (non-hydrogen) atoms. The van der Waals surface area contributed by atoms with Gasteiger partial charge < -0.3 is 20.6 Å². The van der Waals surface area contributed by atoms with Crippen LogP contribution in [-0.4, -0.2) is 22.0 Å². The molecular weight excluding hydrogens is 466 g/mol. The molecule has 2 aromatic heterocycles. The monoisotopic (exact) mass is 499 g/mol.